The normalized spacial score (nSPS) is 13.9. The predicted molar refractivity (Wildman–Crippen MR) is 47.6 cm³/mol. The second-order valence-corrected chi connectivity index (χ2v) is 3.05. The van der Waals surface area contributed by atoms with E-state index in [2.05, 4.69) is 4.84 Å². The zero-order chi connectivity index (χ0) is 8.69. The quantitative estimate of drug-likeness (QED) is 0.628. The van der Waals surface area contributed by atoms with Gasteiger partial charge in [0.25, 0.3) is 0 Å². The molecule has 0 aromatic rings. The summed E-state index contributed by atoms with van der Waals surface area (Å²) in [5.41, 5.74) is 0. The van der Waals surface area contributed by atoms with Crippen LogP contribution in [0.5, 0.6) is 0 Å². The number of nitrogens with zero attached hydrogens (tertiary/aromatic N) is 1. The molecule has 0 rings (SSSR count). The van der Waals surface area contributed by atoms with Crippen LogP contribution in [0, 0.1) is 0 Å². The standard InChI is InChI=1S/C6H14Cl2N2O/c1-2-3-10(8)4-6(5-11)9-7/h6,9,11H,2-5H2,1H3. The third-order valence-electron chi connectivity index (χ3n) is 1.26. The molecular formula is C6H14Cl2N2O. The molecule has 0 aliphatic heterocycles. The molecule has 0 aliphatic rings. The van der Waals surface area contributed by atoms with Crippen LogP contribution in [0.25, 0.3) is 0 Å². The van der Waals surface area contributed by atoms with Gasteiger partial charge in [-0.25, -0.2) is 9.25 Å². The number of rotatable bonds is 6. The molecule has 68 valence electrons. The molecule has 0 amide bonds. The van der Waals surface area contributed by atoms with Gasteiger partial charge in [-0.2, -0.15) is 0 Å². The number of nitrogens with one attached hydrogen (secondary N) is 1. The van der Waals surface area contributed by atoms with Crippen LogP contribution in [-0.4, -0.2) is 35.3 Å². The molecule has 0 saturated heterocycles. The van der Waals surface area contributed by atoms with Crippen LogP contribution in [0.2, 0.25) is 0 Å². The molecule has 3 nitrogen and oxygen atoms in total. The molecule has 2 N–H and O–H groups in total. The molecule has 1 atom stereocenters. The minimum Gasteiger partial charge on any atom is -0.395 e. The van der Waals surface area contributed by atoms with E-state index in [1.165, 1.54) is 0 Å². The summed E-state index contributed by atoms with van der Waals surface area (Å²) >= 11 is 11.1. The van der Waals surface area contributed by atoms with Crippen molar-refractivity contribution < 1.29 is 5.11 Å². The first-order valence-electron chi connectivity index (χ1n) is 3.62. The first-order valence-corrected chi connectivity index (χ1v) is 4.34. The second kappa shape index (κ2) is 7.13. The molecule has 0 aliphatic carbocycles. The van der Waals surface area contributed by atoms with E-state index >= 15 is 0 Å². The lowest BCUT2D eigenvalue weighted by Gasteiger charge is -2.17. The van der Waals surface area contributed by atoms with Gasteiger partial charge in [-0.15, -0.1) is 0 Å². The van der Waals surface area contributed by atoms with Gasteiger partial charge >= 0.3 is 0 Å². The lowest BCUT2D eigenvalue weighted by Crippen LogP contribution is -2.36. The van der Waals surface area contributed by atoms with Gasteiger partial charge in [0.2, 0.25) is 0 Å². The van der Waals surface area contributed by atoms with Crippen molar-refractivity contribution in [2.45, 2.75) is 19.4 Å². The Kier molecular flexibility index (Phi) is 7.43. The van der Waals surface area contributed by atoms with Gasteiger partial charge in [-0.05, 0) is 30.0 Å². The topological polar surface area (TPSA) is 35.5 Å². The summed E-state index contributed by atoms with van der Waals surface area (Å²) < 4.78 is 1.61. The zero-order valence-electron chi connectivity index (χ0n) is 6.56. The molecule has 0 radical (unpaired) electrons. The Hall–Kier alpha value is 0.460. The van der Waals surface area contributed by atoms with Gasteiger partial charge in [-0.3, -0.25) is 0 Å². The van der Waals surface area contributed by atoms with E-state index < -0.39 is 0 Å². The molecular weight excluding hydrogens is 187 g/mol. The largest absolute Gasteiger partial charge is 0.395 e. The summed E-state index contributed by atoms with van der Waals surface area (Å²) in [5, 5.41) is 8.71. The highest BCUT2D eigenvalue weighted by Gasteiger charge is 2.09. The molecule has 0 heterocycles. The first kappa shape index (κ1) is 11.5. The number of aliphatic hydroxyl groups excluding tert-OH is 1. The summed E-state index contributed by atoms with van der Waals surface area (Å²) in [7, 11) is 0. The molecule has 1 unspecified atom stereocenters. The molecule has 0 fully saturated rings. The third-order valence-corrected chi connectivity index (χ3v) is 1.88. The Labute approximate surface area is 77.5 Å². The third kappa shape index (κ3) is 5.70. The maximum Gasteiger partial charge on any atom is 0.0610 e. The predicted octanol–water partition coefficient (Wildman–Crippen LogP) is 0.956. The highest BCUT2D eigenvalue weighted by molar-refractivity contribution is 6.14. The van der Waals surface area contributed by atoms with Crippen molar-refractivity contribution in [1.82, 2.24) is 9.25 Å². The Morgan fingerprint density at radius 2 is 2.27 bits per heavy atom. The molecule has 5 heteroatoms. The van der Waals surface area contributed by atoms with Crippen LogP contribution < -0.4 is 4.84 Å². The maximum atomic E-state index is 8.71. The summed E-state index contributed by atoms with van der Waals surface area (Å²) in [5.74, 6) is 0. The molecule has 0 spiro atoms. The molecule has 0 aromatic heterocycles. The first-order chi connectivity index (χ1) is 5.24. The highest BCUT2D eigenvalue weighted by atomic mass is 35.5. The average molecular weight is 201 g/mol. The average Bonchev–Trinajstić information content (AvgIpc) is 2.01. The van der Waals surface area contributed by atoms with Crippen LogP contribution in [0.3, 0.4) is 0 Å². The van der Waals surface area contributed by atoms with E-state index in [4.69, 9.17) is 28.7 Å². The summed E-state index contributed by atoms with van der Waals surface area (Å²) in [6, 6.07) is -0.152. The van der Waals surface area contributed by atoms with E-state index in [1.54, 1.807) is 4.42 Å². The highest BCUT2D eigenvalue weighted by Crippen LogP contribution is 1.98. The van der Waals surface area contributed by atoms with Crippen molar-refractivity contribution in [1.29, 1.82) is 0 Å². The van der Waals surface area contributed by atoms with Crippen LogP contribution in [0.1, 0.15) is 13.3 Å². The van der Waals surface area contributed by atoms with E-state index in [0.29, 0.717) is 6.54 Å². The number of hydrogen-bond acceptors (Lipinski definition) is 3. The zero-order valence-corrected chi connectivity index (χ0v) is 8.07. The van der Waals surface area contributed by atoms with Crippen molar-refractivity contribution in [3.8, 4) is 0 Å². The number of hydrogen-bond donors (Lipinski definition) is 2. The molecule has 0 bridgehead atoms. The SMILES string of the molecule is CCCN(Cl)CC(CO)NCl. The van der Waals surface area contributed by atoms with Crippen molar-refractivity contribution in [3.05, 3.63) is 0 Å². The van der Waals surface area contributed by atoms with Crippen LogP contribution in [0.15, 0.2) is 0 Å². The summed E-state index contributed by atoms with van der Waals surface area (Å²) in [6.45, 7) is 3.39. The summed E-state index contributed by atoms with van der Waals surface area (Å²) in [6.07, 6.45) is 0.990. The van der Waals surface area contributed by atoms with Gasteiger partial charge < -0.3 is 5.11 Å². The van der Waals surface area contributed by atoms with Gasteiger partial charge in [0.1, 0.15) is 0 Å². The van der Waals surface area contributed by atoms with Crippen molar-refractivity contribution >= 4 is 23.6 Å². The van der Waals surface area contributed by atoms with Crippen LogP contribution >= 0.6 is 23.6 Å². The van der Waals surface area contributed by atoms with E-state index in [9.17, 15) is 0 Å². The number of halogens is 2. The maximum absolute atomic E-state index is 8.71. The minimum atomic E-state index is -0.152. The van der Waals surface area contributed by atoms with Gasteiger partial charge in [0.05, 0.1) is 12.6 Å². The van der Waals surface area contributed by atoms with E-state index in [-0.39, 0.29) is 12.6 Å². The van der Waals surface area contributed by atoms with E-state index in [0.717, 1.165) is 13.0 Å². The Morgan fingerprint density at radius 3 is 2.64 bits per heavy atom. The Balaban J connectivity index is 3.44. The van der Waals surface area contributed by atoms with Gasteiger partial charge in [0.15, 0.2) is 0 Å². The van der Waals surface area contributed by atoms with Gasteiger partial charge in [-0.1, -0.05) is 6.92 Å². The molecule has 0 aromatic carbocycles. The fourth-order valence-corrected chi connectivity index (χ4v) is 1.17. The lowest BCUT2D eigenvalue weighted by atomic mass is 10.3. The van der Waals surface area contributed by atoms with Crippen LogP contribution in [-0.2, 0) is 0 Å². The fourth-order valence-electron chi connectivity index (χ4n) is 0.700. The van der Waals surface area contributed by atoms with Crippen molar-refractivity contribution in [2.75, 3.05) is 19.7 Å². The fraction of sp³-hybridized carbons (Fsp3) is 1.00. The van der Waals surface area contributed by atoms with E-state index in [1.807, 2.05) is 6.92 Å². The molecule has 0 saturated carbocycles. The smallest absolute Gasteiger partial charge is 0.0610 e. The lowest BCUT2D eigenvalue weighted by molar-refractivity contribution is 0.237. The monoisotopic (exact) mass is 200 g/mol. The Morgan fingerprint density at radius 1 is 1.64 bits per heavy atom. The van der Waals surface area contributed by atoms with Crippen LogP contribution in [0.4, 0.5) is 0 Å². The Bertz CT molecular complexity index is 90.7. The van der Waals surface area contributed by atoms with Crippen molar-refractivity contribution in [3.63, 3.8) is 0 Å². The van der Waals surface area contributed by atoms with Crippen molar-refractivity contribution in [2.24, 2.45) is 0 Å². The van der Waals surface area contributed by atoms with Gasteiger partial charge in [0, 0.05) is 13.1 Å². The summed E-state index contributed by atoms with van der Waals surface area (Å²) in [4.78, 5) is 2.44. The second-order valence-electron chi connectivity index (χ2n) is 2.36. The molecule has 11 heavy (non-hydrogen) atoms. The number of aliphatic hydroxyl groups is 1. The minimum absolute atomic E-state index is 0.00354.